The number of ether oxygens (including phenoxy) is 2. The monoisotopic (exact) mass is 399 g/mol. The Bertz CT molecular complexity index is 960. The van der Waals surface area contributed by atoms with E-state index in [2.05, 4.69) is 0 Å². The molecule has 0 aliphatic heterocycles. The zero-order valence-corrected chi connectivity index (χ0v) is 16.6. The van der Waals surface area contributed by atoms with Crippen molar-refractivity contribution in [2.75, 3.05) is 27.5 Å². The minimum atomic E-state index is -3.82. The smallest absolute Gasteiger partial charge is 0.243 e. The largest absolute Gasteiger partial charge is 0.496 e. The summed E-state index contributed by atoms with van der Waals surface area (Å²) < 4.78 is 60.4. The average Bonchev–Trinajstić information content (AvgIpc) is 2.61. The Morgan fingerprint density at radius 1 is 0.846 bits per heavy atom. The lowest BCUT2D eigenvalue weighted by molar-refractivity contribution is 0.371. The number of methoxy groups -OCH3 is 2. The molecule has 7 nitrogen and oxygen atoms in total. The Hall–Kier alpha value is -2.10. The van der Waals surface area contributed by atoms with Crippen molar-refractivity contribution in [2.24, 2.45) is 0 Å². The van der Waals surface area contributed by atoms with E-state index in [1.165, 1.54) is 45.5 Å². The van der Waals surface area contributed by atoms with Crippen LogP contribution in [-0.2, 0) is 26.4 Å². The van der Waals surface area contributed by atoms with E-state index in [9.17, 15) is 16.8 Å². The van der Waals surface area contributed by atoms with Gasteiger partial charge in [-0.05, 0) is 36.4 Å². The van der Waals surface area contributed by atoms with Crippen molar-refractivity contribution in [3.63, 3.8) is 0 Å². The number of sulfonamides is 1. The van der Waals surface area contributed by atoms with Crippen molar-refractivity contribution >= 4 is 19.9 Å². The highest BCUT2D eigenvalue weighted by atomic mass is 32.2. The van der Waals surface area contributed by atoms with Gasteiger partial charge in [0.1, 0.15) is 11.5 Å². The first-order valence-electron chi connectivity index (χ1n) is 7.57. The maximum absolute atomic E-state index is 12.8. The van der Waals surface area contributed by atoms with E-state index in [0.29, 0.717) is 17.1 Å². The van der Waals surface area contributed by atoms with Gasteiger partial charge in [0.15, 0.2) is 9.84 Å². The van der Waals surface area contributed by atoms with Crippen LogP contribution in [0.5, 0.6) is 11.5 Å². The number of hydrogen-bond donors (Lipinski definition) is 0. The molecule has 0 fully saturated rings. The van der Waals surface area contributed by atoms with E-state index in [4.69, 9.17) is 9.47 Å². The summed E-state index contributed by atoms with van der Waals surface area (Å²) in [6.45, 7) is 0.0311. The fourth-order valence-electron chi connectivity index (χ4n) is 2.43. The summed E-state index contributed by atoms with van der Waals surface area (Å²) in [5.74, 6) is 1.03. The fraction of sp³-hybridized carbons (Fsp3) is 0.294. The summed E-state index contributed by atoms with van der Waals surface area (Å²) in [5.41, 5.74) is 0.594. The molecule has 0 spiro atoms. The highest BCUT2D eigenvalue weighted by Gasteiger charge is 2.24. The molecule has 0 atom stereocenters. The van der Waals surface area contributed by atoms with Gasteiger partial charge in [0.05, 0.1) is 29.6 Å². The first-order chi connectivity index (χ1) is 12.1. The van der Waals surface area contributed by atoms with Gasteiger partial charge in [0.25, 0.3) is 0 Å². The van der Waals surface area contributed by atoms with Gasteiger partial charge in [-0.25, -0.2) is 16.8 Å². The van der Waals surface area contributed by atoms with E-state index in [1.54, 1.807) is 18.2 Å². The summed E-state index contributed by atoms with van der Waals surface area (Å²) in [6.07, 6.45) is 1.07. The minimum absolute atomic E-state index is 0.00117. The van der Waals surface area contributed by atoms with Crippen LogP contribution in [0.3, 0.4) is 0 Å². The third kappa shape index (κ3) is 4.17. The normalized spacial score (nSPS) is 12.2. The van der Waals surface area contributed by atoms with Gasteiger partial charge in [0.2, 0.25) is 10.0 Å². The molecule has 0 bridgehead atoms. The lowest BCUT2D eigenvalue weighted by atomic mass is 10.1. The van der Waals surface area contributed by atoms with Crippen molar-refractivity contribution in [2.45, 2.75) is 16.3 Å². The molecule has 9 heteroatoms. The van der Waals surface area contributed by atoms with Crippen molar-refractivity contribution in [1.29, 1.82) is 0 Å². The summed E-state index contributed by atoms with van der Waals surface area (Å²) in [5, 5.41) is 0. The molecule has 0 aliphatic rings. The van der Waals surface area contributed by atoms with Gasteiger partial charge < -0.3 is 9.47 Å². The molecular formula is C17H21NO6S2. The standard InChI is InChI=1S/C17H21NO6S2/c1-18(12-15-16(23-2)6-5-7-17(15)24-3)26(21,22)14-10-8-13(9-11-14)25(4,19)20/h5-11H,12H2,1-4H3. The van der Waals surface area contributed by atoms with Crippen LogP contribution in [-0.4, -0.2) is 48.7 Å². The third-order valence-corrected chi connectivity index (χ3v) is 6.82. The van der Waals surface area contributed by atoms with E-state index in [0.717, 1.165) is 10.6 Å². The molecule has 0 N–H and O–H groups in total. The summed E-state index contributed by atoms with van der Waals surface area (Å²) >= 11 is 0. The van der Waals surface area contributed by atoms with Gasteiger partial charge in [-0.3, -0.25) is 0 Å². The van der Waals surface area contributed by atoms with Crippen LogP contribution in [0.1, 0.15) is 5.56 Å². The van der Waals surface area contributed by atoms with E-state index >= 15 is 0 Å². The summed E-state index contributed by atoms with van der Waals surface area (Å²) in [7, 11) is -2.79. The molecular weight excluding hydrogens is 378 g/mol. The number of hydrogen-bond acceptors (Lipinski definition) is 6. The zero-order valence-electron chi connectivity index (χ0n) is 15.0. The fourth-order valence-corrected chi connectivity index (χ4v) is 4.20. The van der Waals surface area contributed by atoms with Gasteiger partial charge in [-0.15, -0.1) is 0 Å². The second-order valence-electron chi connectivity index (χ2n) is 5.65. The van der Waals surface area contributed by atoms with E-state index < -0.39 is 19.9 Å². The molecule has 142 valence electrons. The Labute approximate surface area is 154 Å². The molecule has 26 heavy (non-hydrogen) atoms. The van der Waals surface area contributed by atoms with E-state index in [1.807, 2.05) is 0 Å². The van der Waals surface area contributed by atoms with Crippen LogP contribution in [0.25, 0.3) is 0 Å². The van der Waals surface area contributed by atoms with Crippen LogP contribution in [0.4, 0.5) is 0 Å². The average molecular weight is 399 g/mol. The number of nitrogens with zero attached hydrogens (tertiary/aromatic N) is 1. The van der Waals surface area contributed by atoms with Gasteiger partial charge >= 0.3 is 0 Å². The highest BCUT2D eigenvalue weighted by molar-refractivity contribution is 7.90. The Morgan fingerprint density at radius 2 is 1.31 bits per heavy atom. The molecule has 0 heterocycles. The SMILES string of the molecule is COc1cccc(OC)c1CN(C)S(=O)(=O)c1ccc(S(C)(=O)=O)cc1. The first kappa shape index (κ1) is 20.2. The van der Waals surface area contributed by atoms with Crippen LogP contribution in [0, 0.1) is 0 Å². The molecule has 0 unspecified atom stereocenters. The molecule has 0 saturated carbocycles. The second-order valence-corrected chi connectivity index (χ2v) is 9.71. The maximum atomic E-state index is 12.8. The lowest BCUT2D eigenvalue weighted by Crippen LogP contribution is -2.27. The van der Waals surface area contributed by atoms with Crippen LogP contribution < -0.4 is 9.47 Å². The quantitative estimate of drug-likeness (QED) is 0.707. The number of sulfone groups is 1. The Kier molecular flexibility index (Phi) is 5.94. The van der Waals surface area contributed by atoms with Crippen molar-refractivity contribution in [3.05, 3.63) is 48.0 Å². The molecule has 2 aromatic carbocycles. The number of benzene rings is 2. The molecule has 2 aromatic rings. The Morgan fingerprint density at radius 3 is 1.73 bits per heavy atom. The molecule has 0 aliphatic carbocycles. The van der Waals surface area contributed by atoms with Crippen molar-refractivity contribution < 1.29 is 26.3 Å². The molecule has 0 radical (unpaired) electrons. The maximum Gasteiger partial charge on any atom is 0.243 e. The molecule has 0 saturated heterocycles. The van der Waals surface area contributed by atoms with E-state index in [-0.39, 0.29) is 16.3 Å². The Balaban J connectivity index is 2.36. The molecule has 0 amide bonds. The topological polar surface area (TPSA) is 90.0 Å². The third-order valence-electron chi connectivity index (χ3n) is 3.87. The van der Waals surface area contributed by atoms with Gasteiger partial charge in [-0.2, -0.15) is 4.31 Å². The first-order valence-corrected chi connectivity index (χ1v) is 10.9. The van der Waals surface area contributed by atoms with Gasteiger partial charge in [0, 0.05) is 19.8 Å². The second kappa shape index (κ2) is 7.65. The van der Waals surface area contributed by atoms with Crippen LogP contribution in [0.15, 0.2) is 52.3 Å². The molecule has 0 aromatic heterocycles. The van der Waals surface area contributed by atoms with Crippen molar-refractivity contribution in [1.82, 2.24) is 4.31 Å². The number of rotatable bonds is 7. The van der Waals surface area contributed by atoms with Crippen LogP contribution >= 0.6 is 0 Å². The minimum Gasteiger partial charge on any atom is -0.496 e. The molecule has 2 rings (SSSR count). The van der Waals surface area contributed by atoms with Crippen molar-refractivity contribution in [3.8, 4) is 11.5 Å². The summed E-state index contributed by atoms with van der Waals surface area (Å²) in [6, 6.07) is 10.3. The van der Waals surface area contributed by atoms with Gasteiger partial charge in [-0.1, -0.05) is 6.07 Å². The van der Waals surface area contributed by atoms with Crippen LogP contribution in [0.2, 0.25) is 0 Å². The predicted octanol–water partition coefficient (Wildman–Crippen LogP) is 1.93. The zero-order chi connectivity index (χ0) is 19.5. The predicted molar refractivity (Wildman–Crippen MR) is 97.8 cm³/mol. The summed E-state index contributed by atoms with van der Waals surface area (Å²) in [4.78, 5) is 0.0618. The lowest BCUT2D eigenvalue weighted by Gasteiger charge is -2.20. The highest BCUT2D eigenvalue weighted by Crippen LogP contribution is 2.30.